The molecule has 0 heterocycles. The molecule has 0 aliphatic carbocycles. The molecule has 0 radical (unpaired) electrons. The SMILES string of the molecule is COc1ccc(CCC(=O)[N+](CC(C)C)([C@@H](CCCCN)C(=O)O)S(=O)(=O)c2ccc(N)cc2)c(OC)c1. The fourth-order valence-corrected chi connectivity index (χ4v) is 6.90. The lowest BCUT2D eigenvalue weighted by Gasteiger charge is -2.40. The first-order valence-corrected chi connectivity index (χ1v) is 14.0. The van der Waals surface area contributed by atoms with Gasteiger partial charge in [-0.05, 0) is 61.7 Å². The second-order valence-corrected chi connectivity index (χ2v) is 11.7. The number of carboxylic acid groups (broad SMARTS) is 1. The smallest absolute Gasteiger partial charge is 0.364 e. The number of benzene rings is 2. The van der Waals surface area contributed by atoms with E-state index in [4.69, 9.17) is 20.9 Å². The molecule has 2 aromatic rings. The molecule has 2 aromatic carbocycles. The number of quaternary nitrogens is 1. The molecule has 10 nitrogen and oxygen atoms in total. The highest BCUT2D eigenvalue weighted by atomic mass is 32.2. The van der Waals surface area contributed by atoms with Crippen LogP contribution in [0.1, 0.15) is 45.1 Å². The molecule has 0 spiro atoms. The van der Waals surface area contributed by atoms with Crippen LogP contribution in [-0.4, -0.2) is 62.6 Å². The van der Waals surface area contributed by atoms with Crippen LogP contribution in [0, 0.1) is 5.92 Å². The fourth-order valence-electron chi connectivity index (χ4n) is 4.65. The Morgan fingerprint density at radius 1 is 1.03 bits per heavy atom. The van der Waals surface area contributed by atoms with Gasteiger partial charge in [0.1, 0.15) is 22.9 Å². The number of carboxylic acids is 1. The number of amides is 1. The zero-order valence-electron chi connectivity index (χ0n) is 22.6. The summed E-state index contributed by atoms with van der Waals surface area (Å²) in [5, 5.41) is 10.3. The van der Waals surface area contributed by atoms with Crippen LogP contribution in [0.5, 0.6) is 11.5 Å². The van der Waals surface area contributed by atoms with Gasteiger partial charge in [-0.25, -0.2) is 9.59 Å². The second kappa shape index (κ2) is 13.6. The number of aliphatic carboxylic acids is 1. The van der Waals surface area contributed by atoms with Gasteiger partial charge in [-0.1, -0.05) is 19.9 Å². The maximum absolute atomic E-state index is 14.3. The van der Waals surface area contributed by atoms with Gasteiger partial charge in [-0.3, -0.25) is 0 Å². The summed E-state index contributed by atoms with van der Waals surface area (Å²) in [6, 6.07) is 9.10. The number of unbranched alkanes of at least 4 members (excludes halogenated alkanes) is 1. The van der Waals surface area contributed by atoms with Crippen molar-refractivity contribution in [3.05, 3.63) is 48.0 Å². The maximum Gasteiger partial charge on any atom is 0.364 e. The highest BCUT2D eigenvalue weighted by Crippen LogP contribution is 2.35. The number of carbonyl (C=O) groups is 2. The van der Waals surface area contributed by atoms with Crippen LogP contribution in [0.3, 0.4) is 0 Å². The molecule has 1 amide bonds. The number of hydrogen-bond donors (Lipinski definition) is 3. The summed E-state index contributed by atoms with van der Waals surface area (Å²) >= 11 is 0. The van der Waals surface area contributed by atoms with Crippen molar-refractivity contribution in [2.24, 2.45) is 11.7 Å². The fraction of sp³-hybridized carbons (Fsp3) is 0.481. The summed E-state index contributed by atoms with van der Waals surface area (Å²) < 4.78 is 38.1. The Hall–Kier alpha value is -3.15. The van der Waals surface area contributed by atoms with Gasteiger partial charge in [0.25, 0.3) is 0 Å². The van der Waals surface area contributed by atoms with E-state index < -0.39 is 31.8 Å². The Kier molecular flexibility index (Phi) is 11.1. The van der Waals surface area contributed by atoms with Crippen molar-refractivity contribution >= 4 is 27.6 Å². The van der Waals surface area contributed by atoms with Crippen LogP contribution in [0.2, 0.25) is 0 Å². The molecule has 1 unspecified atom stereocenters. The van der Waals surface area contributed by atoms with E-state index >= 15 is 0 Å². The van der Waals surface area contributed by atoms with Crippen LogP contribution in [0.4, 0.5) is 5.69 Å². The van der Waals surface area contributed by atoms with E-state index in [0.29, 0.717) is 42.1 Å². The summed E-state index contributed by atoms with van der Waals surface area (Å²) in [5.41, 5.74) is 12.4. The summed E-state index contributed by atoms with van der Waals surface area (Å²) in [7, 11) is -1.51. The third kappa shape index (κ3) is 6.83. The number of anilines is 1. The molecule has 0 aliphatic heterocycles. The van der Waals surface area contributed by atoms with Crippen molar-refractivity contribution < 1.29 is 36.5 Å². The predicted octanol–water partition coefficient (Wildman–Crippen LogP) is 3.19. The average molecular weight is 551 g/mol. The summed E-state index contributed by atoms with van der Waals surface area (Å²) in [6.07, 6.45) is 0.777. The summed E-state index contributed by atoms with van der Waals surface area (Å²) in [4.78, 5) is 26.7. The van der Waals surface area contributed by atoms with Gasteiger partial charge < -0.3 is 26.0 Å². The Balaban J connectivity index is 2.68. The number of ether oxygens (including phenoxy) is 2. The van der Waals surface area contributed by atoms with E-state index in [1.165, 1.54) is 38.5 Å². The lowest BCUT2D eigenvalue weighted by molar-refractivity contribution is -0.753. The number of rotatable bonds is 15. The Labute approximate surface area is 225 Å². The Bertz CT molecular complexity index is 1200. The van der Waals surface area contributed by atoms with E-state index in [9.17, 15) is 23.1 Å². The Morgan fingerprint density at radius 3 is 2.21 bits per heavy atom. The number of nitrogens with two attached hydrogens (primary N) is 2. The molecule has 0 aromatic heterocycles. The van der Waals surface area contributed by atoms with Crippen LogP contribution in [-0.2, 0) is 26.0 Å². The van der Waals surface area contributed by atoms with Gasteiger partial charge in [0.2, 0.25) is 6.04 Å². The molecule has 11 heteroatoms. The van der Waals surface area contributed by atoms with Gasteiger partial charge in [0, 0.05) is 24.1 Å². The average Bonchev–Trinajstić information content (AvgIpc) is 2.88. The van der Waals surface area contributed by atoms with Crippen molar-refractivity contribution in [1.29, 1.82) is 0 Å². The molecule has 2 atom stereocenters. The Morgan fingerprint density at radius 2 is 1.68 bits per heavy atom. The third-order valence-corrected chi connectivity index (χ3v) is 8.82. The molecular formula is C27H40N3O7S+. The van der Waals surface area contributed by atoms with Crippen molar-refractivity contribution in [2.45, 2.75) is 56.9 Å². The predicted molar refractivity (Wildman–Crippen MR) is 145 cm³/mol. The van der Waals surface area contributed by atoms with E-state index in [0.717, 1.165) is 0 Å². The van der Waals surface area contributed by atoms with Gasteiger partial charge >= 0.3 is 21.9 Å². The van der Waals surface area contributed by atoms with Gasteiger partial charge in [0.15, 0.2) is 0 Å². The first-order valence-electron chi connectivity index (χ1n) is 12.6. The quantitative estimate of drug-likeness (QED) is 0.172. The first kappa shape index (κ1) is 31.1. The molecule has 0 fully saturated rings. The van der Waals surface area contributed by atoms with Crippen molar-refractivity contribution in [2.75, 3.05) is 33.0 Å². The molecule has 0 bridgehead atoms. The molecule has 0 aliphatic rings. The van der Waals surface area contributed by atoms with E-state index in [1.807, 2.05) is 0 Å². The number of carbonyl (C=O) groups excluding carboxylic acids is 1. The van der Waals surface area contributed by atoms with E-state index in [-0.39, 0.29) is 36.6 Å². The van der Waals surface area contributed by atoms with E-state index in [1.54, 1.807) is 32.0 Å². The van der Waals surface area contributed by atoms with Crippen LogP contribution < -0.4 is 20.9 Å². The largest absolute Gasteiger partial charge is 0.497 e. The minimum absolute atomic E-state index is 0.0228. The molecule has 2 rings (SSSR count). The molecule has 0 saturated heterocycles. The lowest BCUT2D eigenvalue weighted by atomic mass is 10.0. The molecular weight excluding hydrogens is 510 g/mol. The number of sulfonamides is 1. The molecule has 0 saturated carbocycles. The zero-order valence-corrected chi connectivity index (χ0v) is 23.4. The van der Waals surface area contributed by atoms with Crippen molar-refractivity contribution in [1.82, 2.24) is 0 Å². The lowest BCUT2D eigenvalue weighted by Crippen LogP contribution is -2.66. The summed E-state index contributed by atoms with van der Waals surface area (Å²) in [6.45, 7) is 3.66. The monoisotopic (exact) mass is 550 g/mol. The maximum atomic E-state index is 14.3. The molecule has 210 valence electrons. The molecule has 38 heavy (non-hydrogen) atoms. The highest BCUT2D eigenvalue weighted by Gasteiger charge is 2.58. The van der Waals surface area contributed by atoms with E-state index in [2.05, 4.69) is 0 Å². The van der Waals surface area contributed by atoms with Crippen LogP contribution in [0.25, 0.3) is 0 Å². The van der Waals surface area contributed by atoms with Crippen molar-refractivity contribution in [3.8, 4) is 11.5 Å². The van der Waals surface area contributed by atoms with Crippen LogP contribution >= 0.6 is 0 Å². The zero-order chi connectivity index (χ0) is 28.5. The molecule has 5 N–H and O–H groups in total. The highest BCUT2D eigenvalue weighted by molar-refractivity contribution is 7.86. The summed E-state index contributed by atoms with van der Waals surface area (Å²) in [5.74, 6) is -1.31. The minimum Gasteiger partial charge on any atom is -0.497 e. The van der Waals surface area contributed by atoms with Crippen LogP contribution in [0.15, 0.2) is 47.4 Å². The number of aryl methyl sites for hydroxylation is 1. The topological polar surface area (TPSA) is 159 Å². The van der Waals surface area contributed by atoms with Gasteiger partial charge in [0.05, 0.1) is 20.6 Å². The standard InChI is InChI=1S/C27H39N3O7S/c1-19(2)18-30(24(27(32)33)7-5-6-16-28,38(34,35)23-13-10-21(29)11-14-23)26(31)15-9-20-8-12-22(36-3)17-25(20)37-4/h8,10-14,17,19,24H,5-7,9,15-16,18,28-29H2,1-4H3/p+1/t24-,30?/m0/s1. The van der Waals surface area contributed by atoms with Gasteiger partial charge in [-0.15, -0.1) is 3.89 Å². The normalized spacial score (nSPS) is 14.1. The second-order valence-electron chi connectivity index (χ2n) is 9.63. The van der Waals surface area contributed by atoms with Crippen molar-refractivity contribution in [3.63, 3.8) is 0 Å². The number of methoxy groups -OCH3 is 2. The van der Waals surface area contributed by atoms with Gasteiger partial charge in [-0.2, -0.15) is 8.42 Å². The minimum atomic E-state index is -4.52. The number of hydrogen-bond acceptors (Lipinski definition) is 8. The third-order valence-electron chi connectivity index (χ3n) is 6.49. The number of nitrogens with zero attached hydrogens (tertiary/aromatic N) is 1. The number of nitrogen functional groups attached to an aromatic ring is 1. The first-order chi connectivity index (χ1) is 17.9.